The number of alkyl halides is 2. The molecule has 1 aromatic heterocycles. The number of benzene rings is 1. The van der Waals surface area contributed by atoms with E-state index in [-0.39, 0.29) is 11.5 Å². The van der Waals surface area contributed by atoms with Gasteiger partial charge < -0.3 is 10.1 Å². The van der Waals surface area contributed by atoms with Gasteiger partial charge >= 0.3 is 0 Å². The number of ether oxygens (including phenoxy) is 1. The normalized spacial score (nSPS) is 21.7. The highest BCUT2D eigenvalue weighted by atomic mass is 19.3. The highest BCUT2D eigenvalue weighted by molar-refractivity contribution is 5.89. The van der Waals surface area contributed by atoms with Crippen molar-refractivity contribution in [3.05, 3.63) is 30.1 Å². The van der Waals surface area contributed by atoms with Crippen LogP contribution in [0.25, 0.3) is 10.9 Å². The Hall–Kier alpha value is -1.82. The molecule has 136 valence electrons. The molecule has 0 amide bonds. The maximum absolute atomic E-state index is 13.1. The molecule has 1 aliphatic heterocycles. The number of aromatic nitrogens is 2. The Bertz CT molecular complexity index is 730. The lowest BCUT2D eigenvalue weighted by molar-refractivity contribution is -0.0814. The fraction of sp³-hybridized carbons (Fsp3) is 0.579. The van der Waals surface area contributed by atoms with Crippen LogP contribution in [0.2, 0.25) is 0 Å². The van der Waals surface area contributed by atoms with Crippen molar-refractivity contribution in [2.24, 2.45) is 11.3 Å². The van der Waals surface area contributed by atoms with Gasteiger partial charge in [-0.25, -0.2) is 18.7 Å². The average Bonchev–Trinajstić information content (AvgIpc) is 2.58. The Labute approximate surface area is 147 Å². The Morgan fingerprint density at radius 2 is 2.00 bits per heavy atom. The summed E-state index contributed by atoms with van der Waals surface area (Å²) in [6, 6.07) is 7.24. The zero-order valence-corrected chi connectivity index (χ0v) is 14.9. The maximum atomic E-state index is 13.1. The topological polar surface area (TPSA) is 47.0 Å². The lowest BCUT2D eigenvalue weighted by Gasteiger charge is -2.40. The van der Waals surface area contributed by atoms with Crippen molar-refractivity contribution >= 4 is 16.7 Å². The van der Waals surface area contributed by atoms with E-state index in [0.29, 0.717) is 23.8 Å². The molecule has 6 heteroatoms. The summed E-state index contributed by atoms with van der Waals surface area (Å²) in [6.07, 6.45) is -0.479. The first kappa shape index (κ1) is 18.0. The minimum Gasteiger partial charge on any atom is -0.377 e. The maximum Gasteiger partial charge on any atom is 0.297 e. The van der Waals surface area contributed by atoms with Crippen LogP contribution in [0.1, 0.15) is 45.9 Å². The highest BCUT2D eigenvalue weighted by Gasteiger charge is 2.35. The lowest BCUT2D eigenvalue weighted by atomic mass is 9.78. The molecule has 4 nitrogen and oxygen atoms in total. The van der Waals surface area contributed by atoms with Crippen LogP contribution < -0.4 is 5.32 Å². The molecule has 25 heavy (non-hydrogen) atoms. The molecule has 2 atom stereocenters. The minimum atomic E-state index is -2.69. The summed E-state index contributed by atoms with van der Waals surface area (Å²) in [5.74, 6) is 0.352. The number of anilines is 1. The second kappa shape index (κ2) is 7.20. The summed E-state index contributed by atoms with van der Waals surface area (Å²) in [4.78, 5) is 8.02. The molecule has 0 spiro atoms. The van der Waals surface area contributed by atoms with Crippen LogP contribution in [-0.4, -0.2) is 29.2 Å². The third-order valence-corrected chi connectivity index (χ3v) is 4.65. The monoisotopic (exact) mass is 349 g/mol. The third-order valence-electron chi connectivity index (χ3n) is 4.65. The molecule has 1 N–H and O–H groups in total. The Kier molecular flexibility index (Phi) is 5.18. The summed E-state index contributed by atoms with van der Waals surface area (Å²) in [5, 5.41) is 4.05. The number of rotatable bonds is 4. The van der Waals surface area contributed by atoms with Crippen LogP contribution in [0.4, 0.5) is 14.6 Å². The van der Waals surface area contributed by atoms with Crippen molar-refractivity contribution in [2.75, 3.05) is 18.5 Å². The van der Waals surface area contributed by atoms with Gasteiger partial charge in [0.25, 0.3) is 6.43 Å². The van der Waals surface area contributed by atoms with E-state index < -0.39 is 12.2 Å². The van der Waals surface area contributed by atoms with Crippen molar-refractivity contribution in [2.45, 2.75) is 46.1 Å². The quantitative estimate of drug-likeness (QED) is 0.859. The number of fused-ring (bicyclic) bond motifs is 1. The first-order valence-corrected chi connectivity index (χ1v) is 8.76. The smallest absolute Gasteiger partial charge is 0.297 e. The van der Waals surface area contributed by atoms with Gasteiger partial charge in [-0.15, -0.1) is 0 Å². The molecule has 0 radical (unpaired) electrons. The van der Waals surface area contributed by atoms with Gasteiger partial charge in [-0.2, -0.15) is 0 Å². The van der Waals surface area contributed by atoms with Gasteiger partial charge in [0.2, 0.25) is 0 Å². The number of halogens is 2. The molecule has 1 fully saturated rings. The minimum absolute atomic E-state index is 0.0363. The van der Waals surface area contributed by atoms with E-state index in [2.05, 4.69) is 36.1 Å². The second-order valence-corrected chi connectivity index (χ2v) is 7.69. The molecule has 1 aliphatic rings. The standard InChI is InChI=1S/C19H25F2N3O/c1-19(2,3)15-12(7-6-10-25-15)11-22-17-13-8-4-5-9-14(13)23-18(24-17)16(20)21/h4-5,8-9,12,15-16H,6-7,10-11H2,1-3H3,(H,22,23,24)/t12-,15-/m0/s1. The fourth-order valence-electron chi connectivity index (χ4n) is 3.56. The van der Waals surface area contributed by atoms with Gasteiger partial charge in [0.15, 0.2) is 5.82 Å². The van der Waals surface area contributed by atoms with Crippen molar-refractivity contribution in [3.63, 3.8) is 0 Å². The molecular formula is C19H25F2N3O. The summed E-state index contributed by atoms with van der Waals surface area (Å²) in [7, 11) is 0. The number of nitrogens with zero attached hydrogens (tertiary/aromatic N) is 2. The molecule has 0 unspecified atom stereocenters. The van der Waals surface area contributed by atoms with Crippen molar-refractivity contribution in [3.8, 4) is 0 Å². The summed E-state index contributed by atoms with van der Waals surface area (Å²) >= 11 is 0. The zero-order chi connectivity index (χ0) is 18.0. The summed E-state index contributed by atoms with van der Waals surface area (Å²) in [6.45, 7) is 7.94. The van der Waals surface area contributed by atoms with Gasteiger partial charge in [0.05, 0.1) is 11.6 Å². The second-order valence-electron chi connectivity index (χ2n) is 7.69. The molecule has 3 rings (SSSR count). The highest BCUT2D eigenvalue weighted by Crippen LogP contribution is 2.34. The van der Waals surface area contributed by atoms with Crippen LogP contribution in [-0.2, 0) is 4.74 Å². The van der Waals surface area contributed by atoms with Gasteiger partial charge in [-0.3, -0.25) is 0 Å². The van der Waals surface area contributed by atoms with Crippen LogP contribution in [0.3, 0.4) is 0 Å². The summed E-state index contributed by atoms with van der Waals surface area (Å²) < 4.78 is 32.2. The van der Waals surface area contributed by atoms with Crippen LogP contribution in [0.5, 0.6) is 0 Å². The van der Waals surface area contributed by atoms with E-state index in [0.717, 1.165) is 24.8 Å². The van der Waals surface area contributed by atoms with E-state index in [4.69, 9.17) is 4.74 Å². The van der Waals surface area contributed by atoms with Gasteiger partial charge in [0, 0.05) is 24.5 Å². The van der Waals surface area contributed by atoms with Gasteiger partial charge in [-0.05, 0) is 30.4 Å². The fourth-order valence-corrected chi connectivity index (χ4v) is 3.56. The van der Waals surface area contributed by atoms with Crippen molar-refractivity contribution < 1.29 is 13.5 Å². The number of nitrogens with one attached hydrogen (secondary N) is 1. The van der Waals surface area contributed by atoms with Crippen molar-refractivity contribution in [1.29, 1.82) is 0 Å². The van der Waals surface area contributed by atoms with Gasteiger partial charge in [0.1, 0.15) is 5.82 Å². The largest absolute Gasteiger partial charge is 0.377 e. The number of hydrogen-bond acceptors (Lipinski definition) is 4. The van der Waals surface area contributed by atoms with E-state index in [9.17, 15) is 8.78 Å². The first-order valence-electron chi connectivity index (χ1n) is 8.76. The van der Waals surface area contributed by atoms with Crippen LogP contribution in [0.15, 0.2) is 24.3 Å². The predicted octanol–water partition coefficient (Wildman–Crippen LogP) is 4.82. The Morgan fingerprint density at radius 3 is 2.72 bits per heavy atom. The SMILES string of the molecule is CC(C)(C)[C@H]1OCCC[C@H]1CNc1nc(C(F)F)nc2ccccc12. The summed E-state index contributed by atoms with van der Waals surface area (Å²) in [5.41, 5.74) is 0.567. The van der Waals surface area contributed by atoms with Gasteiger partial charge in [-0.1, -0.05) is 32.9 Å². The molecule has 1 aromatic carbocycles. The third kappa shape index (κ3) is 4.06. The predicted molar refractivity (Wildman–Crippen MR) is 94.9 cm³/mol. The molecule has 2 heterocycles. The van der Waals surface area contributed by atoms with E-state index in [1.165, 1.54) is 0 Å². The molecule has 0 aliphatic carbocycles. The molecule has 1 saturated heterocycles. The van der Waals surface area contributed by atoms with E-state index in [1.54, 1.807) is 12.1 Å². The van der Waals surface area contributed by atoms with E-state index in [1.807, 2.05) is 12.1 Å². The molecule has 0 saturated carbocycles. The van der Waals surface area contributed by atoms with Crippen LogP contribution >= 0.6 is 0 Å². The number of hydrogen-bond donors (Lipinski definition) is 1. The molecule has 2 aromatic rings. The average molecular weight is 349 g/mol. The molecule has 0 bridgehead atoms. The lowest BCUT2D eigenvalue weighted by Crippen LogP contribution is -2.42. The Morgan fingerprint density at radius 1 is 1.24 bits per heavy atom. The first-order chi connectivity index (χ1) is 11.9. The zero-order valence-electron chi connectivity index (χ0n) is 14.9. The Balaban J connectivity index is 1.84. The molecular weight excluding hydrogens is 324 g/mol. The van der Waals surface area contributed by atoms with Crippen LogP contribution in [0, 0.1) is 11.3 Å². The van der Waals surface area contributed by atoms with Crippen molar-refractivity contribution in [1.82, 2.24) is 9.97 Å². The number of para-hydroxylation sites is 1. The van der Waals surface area contributed by atoms with E-state index >= 15 is 0 Å².